The first-order chi connectivity index (χ1) is 10.6. The van der Waals surface area contributed by atoms with E-state index in [9.17, 15) is 9.32 Å². The second-order valence-electron chi connectivity index (χ2n) is 4.40. The van der Waals surface area contributed by atoms with Crippen molar-refractivity contribution in [2.75, 3.05) is 25.1 Å². The van der Waals surface area contributed by atoms with Crippen molar-refractivity contribution in [3.63, 3.8) is 0 Å². The fourth-order valence-electron chi connectivity index (χ4n) is 1.70. The van der Waals surface area contributed by atoms with Gasteiger partial charge in [0.25, 0.3) is 0 Å². The van der Waals surface area contributed by atoms with Gasteiger partial charge in [0.1, 0.15) is 5.75 Å². The van der Waals surface area contributed by atoms with E-state index >= 15 is 0 Å². The molecular formula is C16H21FINO3S. The third-order valence-corrected chi connectivity index (χ3v) is 3.79. The van der Waals surface area contributed by atoms with E-state index in [0.29, 0.717) is 18.8 Å². The zero-order valence-electron chi connectivity index (χ0n) is 12.4. The number of ether oxygens (including phenoxy) is 1. The third kappa shape index (κ3) is 7.79. The van der Waals surface area contributed by atoms with Crippen LogP contribution in [0.4, 0.5) is 10.2 Å². The topological polar surface area (TPSA) is 38.8 Å². The standard InChI is InChI=1S/C15H17FINO3S.CH4/c1-3-18(2)13-11-12(8-10-22-17)6-7-14(13)20-9-4-5-15(19)21-16;/h6-7,11H,3-5,9H2,1-2H3;1H4. The molecule has 0 fully saturated rings. The zero-order valence-corrected chi connectivity index (χ0v) is 15.4. The van der Waals surface area contributed by atoms with Crippen LogP contribution in [0.3, 0.4) is 0 Å². The minimum absolute atomic E-state index is 0. The van der Waals surface area contributed by atoms with Crippen LogP contribution in [0.15, 0.2) is 18.2 Å². The van der Waals surface area contributed by atoms with E-state index in [-0.39, 0.29) is 13.8 Å². The fraction of sp³-hybridized carbons (Fsp3) is 0.438. The molecule has 0 radical (unpaired) electrons. The first-order valence-corrected chi connectivity index (χ1v) is 10.1. The van der Waals surface area contributed by atoms with Crippen LogP contribution in [-0.2, 0) is 9.74 Å². The molecule has 0 spiro atoms. The van der Waals surface area contributed by atoms with E-state index in [0.717, 1.165) is 17.8 Å². The van der Waals surface area contributed by atoms with E-state index in [1.807, 2.05) is 37.1 Å². The minimum atomic E-state index is -0.878. The lowest BCUT2D eigenvalue weighted by atomic mass is 10.2. The van der Waals surface area contributed by atoms with Gasteiger partial charge in [-0.2, -0.15) is 0 Å². The predicted molar refractivity (Wildman–Crippen MR) is 103 cm³/mol. The normalized spacial score (nSPS) is 9.22. The van der Waals surface area contributed by atoms with Gasteiger partial charge in [-0.05, 0) is 45.7 Å². The summed E-state index contributed by atoms with van der Waals surface area (Å²) >= 11 is 2.12. The second kappa shape index (κ2) is 12.3. The molecule has 0 heterocycles. The van der Waals surface area contributed by atoms with Crippen molar-refractivity contribution in [1.82, 2.24) is 0 Å². The molecule has 0 aliphatic rings. The van der Waals surface area contributed by atoms with Crippen molar-refractivity contribution in [2.45, 2.75) is 27.2 Å². The highest BCUT2D eigenvalue weighted by molar-refractivity contribution is 14.2. The maximum atomic E-state index is 11.6. The van der Waals surface area contributed by atoms with Gasteiger partial charge in [-0.3, -0.25) is 4.94 Å². The summed E-state index contributed by atoms with van der Waals surface area (Å²) in [7, 11) is 3.40. The highest BCUT2D eigenvalue weighted by Gasteiger charge is 2.09. The van der Waals surface area contributed by atoms with Crippen LogP contribution in [0, 0.1) is 11.2 Å². The van der Waals surface area contributed by atoms with Gasteiger partial charge in [-0.25, -0.2) is 4.79 Å². The van der Waals surface area contributed by atoms with Gasteiger partial charge < -0.3 is 9.64 Å². The Hall–Kier alpha value is -1.14. The van der Waals surface area contributed by atoms with Crippen LogP contribution in [-0.4, -0.2) is 26.2 Å². The van der Waals surface area contributed by atoms with E-state index in [2.05, 4.69) is 37.3 Å². The second-order valence-corrected chi connectivity index (χ2v) is 6.08. The van der Waals surface area contributed by atoms with Crippen molar-refractivity contribution >= 4 is 41.8 Å². The van der Waals surface area contributed by atoms with E-state index in [1.165, 1.54) is 8.93 Å². The Kier molecular flexibility index (Phi) is 11.7. The maximum absolute atomic E-state index is 11.6. The summed E-state index contributed by atoms with van der Waals surface area (Å²) in [6.45, 7) is 3.18. The SMILES string of the molecule is C.CCN(C)c1cc(C#CSI)ccc1OCCCC(=O)OF. The Bertz CT molecular complexity index is 560. The molecule has 128 valence electrons. The Labute approximate surface area is 153 Å². The maximum Gasteiger partial charge on any atom is 0.348 e. The molecule has 1 rings (SSSR count). The number of hydrogen-bond donors (Lipinski definition) is 0. The lowest BCUT2D eigenvalue weighted by Gasteiger charge is -2.21. The van der Waals surface area contributed by atoms with Crippen LogP contribution in [0.2, 0.25) is 0 Å². The smallest absolute Gasteiger partial charge is 0.348 e. The molecule has 1 aromatic rings. The van der Waals surface area contributed by atoms with Gasteiger partial charge >= 0.3 is 5.97 Å². The largest absolute Gasteiger partial charge is 0.491 e. The molecule has 0 aromatic heterocycles. The molecule has 1 aromatic carbocycles. The summed E-state index contributed by atoms with van der Waals surface area (Å²) in [5.74, 6) is 2.89. The molecule has 4 nitrogen and oxygen atoms in total. The first kappa shape index (κ1) is 21.9. The highest BCUT2D eigenvalue weighted by atomic mass is 127. The minimum Gasteiger partial charge on any atom is -0.491 e. The van der Waals surface area contributed by atoms with Gasteiger partial charge in [0, 0.05) is 44.9 Å². The van der Waals surface area contributed by atoms with Crippen molar-refractivity contribution in [1.29, 1.82) is 0 Å². The Morgan fingerprint density at radius 1 is 1.48 bits per heavy atom. The van der Waals surface area contributed by atoms with Crippen molar-refractivity contribution in [3.05, 3.63) is 23.8 Å². The van der Waals surface area contributed by atoms with Gasteiger partial charge in [0.05, 0.1) is 18.7 Å². The first-order valence-electron chi connectivity index (χ1n) is 6.70. The highest BCUT2D eigenvalue weighted by Crippen LogP contribution is 2.29. The lowest BCUT2D eigenvalue weighted by Crippen LogP contribution is -2.17. The number of halogens is 2. The molecular weight excluding hydrogens is 432 g/mol. The van der Waals surface area contributed by atoms with Gasteiger partial charge in [0.15, 0.2) is 0 Å². The van der Waals surface area contributed by atoms with Gasteiger partial charge in [0.2, 0.25) is 0 Å². The fourth-order valence-corrected chi connectivity index (χ4v) is 2.19. The van der Waals surface area contributed by atoms with Gasteiger partial charge in [-0.1, -0.05) is 13.3 Å². The number of carbonyl (C=O) groups is 1. The Morgan fingerprint density at radius 2 is 2.22 bits per heavy atom. The third-order valence-electron chi connectivity index (χ3n) is 2.95. The molecule has 0 N–H and O–H groups in total. The van der Waals surface area contributed by atoms with Crippen LogP contribution in [0.25, 0.3) is 0 Å². The predicted octanol–water partition coefficient (Wildman–Crippen LogP) is 4.76. The van der Waals surface area contributed by atoms with Gasteiger partial charge in [-0.15, -0.1) is 0 Å². The van der Waals surface area contributed by atoms with Crippen molar-refractivity contribution < 1.29 is 19.0 Å². The summed E-state index contributed by atoms with van der Waals surface area (Å²) < 4.78 is 17.3. The molecule has 23 heavy (non-hydrogen) atoms. The van der Waals surface area contributed by atoms with E-state index in [4.69, 9.17) is 4.74 Å². The van der Waals surface area contributed by atoms with Crippen LogP contribution >= 0.6 is 30.1 Å². The lowest BCUT2D eigenvalue weighted by molar-refractivity contribution is -0.183. The monoisotopic (exact) mass is 453 g/mol. The summed E-state index contributed by atoms with van der Waals surface area (Å²) in [5, 5.41) is 2.95. The molecule has 0 saturated heterocycles. The summed E-state index contributed by atoms with van der Waals surface area (Å²) in [4.78, 5) is 15.9. The van der Waals surface area contributed by atoms with E-state index in [1.54, 1.807) is 0 Å². The number of benzene rings is 1. The average molecular weight is 453 g/mol. The van der Waals surface area contributed by atoms with Crippen molar-refractivity contribution in [2.24, 2.45) is 0 Å². The number of nitrogens with zero attached hydrogens (tertiary/aromatic N) is 1. The zero-order chi connectivity index (χ0) is 16.4. The van der Waals surface area contributed by atoms with Crippen LogP contribution in [0.5, 0.6) is 5.75 Å². The molecule has 0 saturated carbocycles. The number of anilines is 1. The molecule has 0 aliphatic heterocycles. The molecule has 0 amide bonds. The molecule has 7 heteroatoms. The van der Waals surface area contributed by atoms with Crippen LogP contribution in [0.1, 0.15) is 32.8 Å². The quantitative estimate of drug-likeness (QED) is 0.338. The summed E-state index contributed by atoms with van der Waals surface area (Å²) in [5.41, 5.74) is 1.84. The molecule has 0 unspecified atom stereocenters. The summed E-state index contributed by atoms with van der Waals surface area (Å²) in [6, 6.07) is 5.71. The molecule has 0 aliphatic carbocycles. The summed E-state index contributed by atoms with van der Waals surface area (Å²) in [6.07, 6.45) is 0.386. The Balaban J connectivity index is 0.00000484. The number of rotatable bonds is 7. The molecule has 0 atom stereocenters. The van der Waals surface area contributed by atoms with Crippen LogP contribution < -0.4 is 9.64 Å². The molecule has 0 bridgehead atoms. The van der Waals surface area contributed by atoms with Crippen molar-refractivity contribution in [3.8, 4) is 16.9 Å². The number of hydrogen-bond acceptors (Lipinski definition) is 5. The average Bonchev–Trinajstić information content (AvgIpc) is 2.56. The van der Waals surface area contributed by atoms with E-state index < -0.39 is 5.97 Å². The number of carbonyl (C=O) groups excluding carboxylic acids is 1. The Morgan fingerprint density at radius 3 is 2.83 bits per heavy atom.